The molecular formula is C14H19NO3. The molecule has 0 spiro atoms. The van der Waals surface area contributed by atoms with E-state index in [0.29, 0.717) is 6.54 Å². The molecule has 1 aromatic rings. The van der Waals surface area contributed by atoms with E-state index in [9.17, 15) is 15.0 Å². The molecule has 0 bridgehead atoms. The number of aliphatic hydroxyl groups excluding tert-OH is 1. The molecule has 1 fully saturated rings. The Morgan fingerprint density at radius 3 is 2.72 bits per heavy atom. The molecule has 4 nitrogen and oxygen atoms in total. The Kier molecular flexibility index (Phi) is 4.20. The molecular weight excluding hydrogens is 230 g/mol. The number of hydrogen-bond acceptors (Lipinski definition) is 3. The lowest BCUT2D eigenvalue weighted by Crippen LogP contribution is -2.36. The van der Waals surface area contributed by atoms with Crippen LogP contribution in [-0.4, -0.2) is 28.8 Å². The predicted molar refractivity (Wildman–Crippen MR) is 68.4 cm³/mol. The summed E-state index contributed by atoms with van der Waals surface area (Å²) in [6.45, 7) is 0.467. The fourth-order valence-electron chi connectivity index (χ4n) is 2.41. The molecule has 98 valence electrons. The zero-order valence-electron chi connectivity index (χ0n) is 10.3. The first-order valence-electron chi connectivity index (χ1n) is 6.42. The van der Waals surface area contributed by atoms with Gasteiger partial charge in [0.25, 0.3) is 5.91 Å². The van der Waals surface area contributed by atoms with E-state index in [1.165, 1.54) is 6.07 Å². The third kappa shape index (κ3) is 3.01. The summed E-state index contributed by atoms with van der Waals surface area (Å²) in [5.74, 6) is -0.168. The van der Waals surface area contributed by atoms with Crippen molar-refractivity contribution in [3.05, 3.63) is 29.8 Å². The fourth-order valence-corrected chi connectivity index (χ4v) is 2.41. The smallest absolute Gasteiger partial charge is 0.255 e. The fraction of sp³-hybridized carbons (Fsp3) is 0.500. The van der Waals surface area contributed by atoms with Crippen molar-refractivity contribution in [1.29, 1.82) is 0 Å². The maximum absolute atomic E-state index is 11.9. The van der Waals surface area contributed by atoms with Gasteiger partial charge in [-0.25, -0.2) is 0 Å². The van der Waals surface area contributed by atoms with Crippen LogP contribution < -0.4 is 5.32 Å². The van der Waals surface area contributed by atoms with Crippen molar-refractivity contribution in [1.82, 2.24) is 5.32 Å². The van der Waals surface area contributed by atoms with Gasteiger partial charge >= 0.3 is 0 Å². The van der Waals surface area contributed by atoms with E-state index >= 15 is 0 Å². The summed E-state index contributed by atoms with van der Waals surface area (Å²) >= 11 is 0. The van der Waals surface area contributed by atoms with Gasteiger partial charge in [0.15, 0.2) is 0 Å². The Balaban J connectivity index is 1.90. The van der Waals surface area contributed by atoms with Crippen molar-refractivity contribution >= 4 is 5.91 Å². The summed E-state index contributed by atoms with van der Waals surface area (Å²) in [5.41, 5.74) is 0.280. The number of rotatable bonds is 3. The summed E-state index contributed by atoms with van der Waals surface area (Å²) in [6, 6.07) is 6.47. The van der Waals surface area contributed by atoms with Gasteiger partial charge < -0.3 is 15.5 Å². The third-order valence-electron chi connectivity index (χ3n) is 3.54. The maximum atomic E-state index is 11.9. The average molecular weight is 249 g/mol. The monoisotopic (exact) mass is 249 g/mol. The molecule has 18 heavy (non-hydrogen) atoms. The highest BCUT2D eigenvalue weighted by atomic mass is 16.3. The van der Waals surface area contributed by atoms with Crippen molar-refractivity contribution in [3.8, 4) is 5.75 Å². The molecule has 2 unspecified atom stereocenters. The SMILES string of the molecule is O=C(NCC1CCCCC1O)c1ccccc1O. The second-order valence-corrected chi connectivity index (χ2v) is 4.84. The van der Waals surface area contributed by atoms with Crippen LogP contribution in [0, 0.1) is 5.92 Å². The van der Waals surface area contributed by atoms with Crippen LogP contribution in [0.1, 0.15) is 36.0 Å². The van der Waals surface area contributed by atoms with E-state index in [2.05, 4.69) is 5.32 Å². The Hall–Kier alpha value is -1.55. The first kappa shape index (κ1) is 12.9. The van der Waals surface area contributed by atoms with Crippen molar-refractivity contribution in [3.63, 3.8) is 0 Å². The van der Waals surface area contributed by atoms with Crippen LogP contribution in [0.25, 0.3) is 0 Å². The summed E-state index contributed by atoms with van der Waals surface area (Å²) in [5, 5.41) is 22.1. The second kappa shape index (κ2) is 5.87. The number of amides is 1. The van der Waals surface area contributed by atoms with Crippen molar-refractivity contribution in [2.75, 3.05) is 6.54 Å². The molecule has 1 aromatic carbocycles. The zero-order valence-corrected chi connectivity index (χ0v) is 10.3. The van der Waals surface area contributed by atoms with Crippen LogP contribution in [0.15, 0.2) is 24.3 Å². The molecule has 1 saturated carbocycles. The number of nitrogens with one attached hydrogen (secondary N) is 1. The Morgan fingerprint density at radius 2 is 2.00 bits per heavy atom. The van der Waals surface area contributed by atoms with E-state index in [1.807, 2.05) is 0 Å². The van der Waals surface area contributed by atoms with Gasteiger partial charge in [0.05, 0.1) is 11.7 Å². The number of carbonyl (C=O) groups excluding carboxylic acids is 1. The van der Waals surface area contributed by atoms with E-state index in [0.717, 1.165) is 25.7 Å². The first-order chi connectivity index (χ1) is 8.68. The van der Waals surface area contributed by atoms with E-state index in [1.54, 1.807) is 18.2 Å². The molecule has 1 amide bonds. The summed E-state index contributed by atoms with van der Waals surface area (Å²) in [7, 11) is 0. The van der Waals surface area contributed by atoms with Crippen molar-refractivity contribution in [2.45, 2.75) is 31.8 Å². The van der Waals surface area contributed by atoms with E-state index in [4.69, 9.17) is 0 Å². The third-order valence-corrected chi connectivity index (χ3v) is 3.54. The van der Waals surface area contributed by atoms with E-state index < -0.39 is 0 Å². The molecule has 3 N–H and O–H groups in total. The number of aliphatic hydroxyl groups is 1. The summed E-state index contributed by atoms with van der Waals surface area (Å²) < 4.78 is 0. The van der Waals surface area contributed by atoms with Crippen LogP contribution in [0.5, 0.6) is 5.75 Å². The minimum absolute atomic E-state index is 0.0146. The number of phenols is 1. The second-order valence-electron chi connectivity index (χ2n) is 4.84. The lowest BCUT2D eigenvalue weighted by atomic mass is 9.86. The number of para-hydroxylation sites is 1. The van der Waals surface area contributed by atoms with Gasteiger partial charge in [-0.2, -0.15) is 0 Å². The van der Waals surface area contributed by atoms with Gasteiger partial charge in [-0.3, -0.25) is 4.79 Å². The molecule has 4 heteroatoms. The van der Waals surface area contributed by atoms with Crippen LogP contribution in [0.3, 0.4) is 0 Å². The van der Waals surface area contributed by atoms with Crippen molar-refractivity contribution < 1.29 is 15.0 Å². The Labute approximate surface area is 107 Å². The molecule has 1 aliphatic rings. The van der Waals surface area contributed by atoms with Gasteiger partial charge in [-0.05, 0) is 25.0 Å². The number of carbonyl (C=O) groups is 1. The molecule has 0 saturated heterocycles. The molecule has 1 aliphatic carbocycles. The number of aromatic hydroxyl groups is 1. The summed E-state index contributed by atoms with van der Waals surface area (Å²) in [6.07, 6.45) is 3.61. The largest absolute Gasteiger partial charge is 0.507 e. The highest BCUT2D eigenvalue weighted by molar-refractivity contribution is 5.96. The topological polar surface area (TPSA) is 69.6 Å². The normalized spacial score (nSPS) is 23.6. The minimum atomic E-state index is -0.316. The van der Waals surface area contributed by atoms with Crippen LogP contribution in [-0.2, 0) is 0 Å². The molecule has 0 aliphatic heterocycles. The Morgan fingerprint density at radius 1 is 1.28 bits per heavy atom. The average Bonchev–Trinajstić information content (AvgIpc) is 2.38. The van der Waals surface area contributed by atoms with E-state index in [-0.39, 0.29) is 29.2 Å². The van der Waals surface area contributed by atoms with Gasteiger partial charge in [0.2, 0.25) is 0 Å². The molecule has 0 heterocycles. The van der Waals surface area contributed by atoms with Crippen molar-refractivity contribution in [2.24, 2.45) is 5.92 Å². The quantitative estimate of drug-likeness (QED) is 0.763. The minimum Gasteiger partial charge on any atom is -0.507 e. The van der Waals surface area contributed by atoms with Crippen LogP contribution >= 0.6 is 0 Å². The standard InChI is InChI=1S/C14H19NO3/c16-12-7-3-1-5-10(12)9-15-14(18)11-6-2-4-8-13(11)17/h2,4,6,8,10,12,16-17H,1,3,5,7,9H2,(H,15,18). The Bertz CT molecular complexity index is 419. The lowest BCUT2D eigenvalue weighted by molar-refractivity contribution is 0.0662. The lowest BCUT2D eigenvalue weighted by Gasteiger charge is -2.27. The predicted octanol–water partition coefficient (Wildman–Crippen LogP) is 1.67. The molecule has 2 rings (SSSR count). The highest BCUT2D eigenvalue weighted by Crippen LogP contribution is 2.24. The zero-order chi connectivity index (χ0) is 13.0. The van der Waals surface area contributed by atoms with Crippen LogP contribution in [0.4, 0.5) is 0 Å². The molecule has 2 atom stereocenters. The summed E-state index contributed by atoms with van der Waals surface area (Å²) in [4.78, 5) is 11.9. The number of benzene rings is 1. The number of hydrogen-bond donors (Lipinski definition) is 3. The first-order valence-corrected chi connectivity index (χ1v) is 6.42. The van der Waals surface area contributed by atoms with Crippen LogP contribution in [0.2, 0.25) is 0 Å². The van der Waals surface area contributed by atoms with Gasteiger partial charge in [-0.1, -0.05) is 25.0 Å². The molecule has 0 radical (unpaired) electrons. The van der Waals surface area contributed by atoms with Gasteiger partial charge in [-0.15, -0.1) is 0 Å². The highest BCUT2D eigenvalue weighted by Gasteiger charge is 2.23. The van der Waals surface area contributed by atoms with Gasteiger partial charge in [0, 0.05) is 12.5 Å². The van der Waals surface area contributed by atoms with Gasteiger partial charge in [0.1, 0.15) is 5.75 Å². The molecule has 0 aromatic heterocycles. The number of phenolic OH excluding ortho intramolecular Hbond substituents is 1. The maximum Gasteiger partial charge on any atom is 0.255 e.